The van der Waals surface area contributed by atoms with Gasteiger partial charge < -0.3 is 0 Å². The highest BCUT2D eigenvalue weighted by Crippen LogP contribution is 2.13. The van der Waals surface area contributed by atoms with Crippen molar-refractivity contribution in [3.63, 3.8) is 0 Å². The van der Waals surface area contributed by atoms with Crippen LogP contribution < -0.4 is 4.72 Å². The summed E-state index contributed by atoms with van der Waals surface area (Å²) in [5.74, 6) is -0.131. The van der Waals surface area contributed by atoms with Gasteiger partial charge in [-0.15, -0.1) is 0 Å². The van der Waals surface area contributed by atoms with Crippen LogP contribution in [-0.4, -0.2) is 38.1 Å². The van der Waals surface area contributed by atoms with Gasteiger partial charge in [0.25, 0.3) is 10.2 Å². The van der Waals surface area contributed by atoms with E-state index in [9.17, 15) is 13.2 Å². The van der Waals surface area contributed by atoms with E-state index in [1.807, 2.05) is 0 Å². The fraction of sp³-hybridized carbons (Fsp3) is 0.900. The number of carbonyl (C=O) groups excluding carboxylic acids is 1. The van der Waals surface area contributed by atoms with Crippen LogP contribution in [0.2, 0.25) is 0 Å². The lowest BCUT2D eigenvalue weighted by Crippen LogP contribution is -2.45. The summed E-state index contributed by atoms with van der Waals surface area (Å²) >= 11 is 0. The van der Waals surface area contributed by atoms with Crippen molar-refractivity contribution >= 4 is 16.0 Å². The van der Waals surface area contributed by atoms with Crippen LogP contribution in [0.25, 0.3) is 0 Å². The van der Waals surface area contributed by atoms with E-state index < -0.39 is 15.6 Å². The molecule has 0 aromatic rings. The van der Waals surface area contributed by atoms with Crippen molar-refractivity contribution in [1.82, 2.24) is 9.03 Å². The maximum atomic E-state index is 11.7. The predicted octanol–water partition coefficient (Wildman–Crippen LogP) is 0.776. The molecule has 96 valence electrons. The van der Waals surface area contributed by atoms with Crippen LogP contribution in [0.5, 0.6) is 0 Å². The zero-order valence-electron chi connectivity index (χ0n) is 10.9. The average Bonchev–Trinajstić information content (AvgIpc) is 2.11. The van der Waals surface area contributed by atoms with E-state index in [2.05, 4.69) is 4.72 Å². The van der Waals surface area contributed by atoms with Gasteiger partial charge in [0.1, 0.15) is 0 Å². The molecule has 0 radical (unpaired) electrons. The van der Waals surface area contributed by atoms with E-state index in [0.29, 0.717) is 0 Å². The Kier molecular flexibility index (Phi) is 5.10. The van der Waals surface area contributed by atoms with E-state index >= 15 is 0 Å². The van der Waals surface area contributed by atoms with Crippen LogP contribution in [0.3, 0.4) is 0 Å². The van der Waals surface area contributed by atoms with E-state index in [4.69, 9.17) is 0 Å². The van der Waals surface area contributed by atoms with E-state index in [0.717, 1.165) is 0 Å². The smallest absolute Gasteiger partial charge is 0.279 e. The van der Waals surface area contributed by atoms with Crippen molar-refractivity contribution in [3.05, 3.63) is 0 Å². The molecule has 0 aromatic heterocycles. The topological polar surface area (TPSA) is 66.5 Å². The zero-order chi connectivity index (χ0) is 13.1. The molecule has 0 aliphatic rings. The first-order valence-electron chi connectivity index (χ1n) is 5.24. The molecule has 6 heteroatoms. The first kappa shape index (κ1) is 15.5. The largest absolute Gasteiger partial charge is 0.298 e. The number of hydrogen-bond donors (Lipinski definition) is 1. The van der Waals surface area contributed by atoms with Crippen LogP contribution in [0.1, 0.15) is 34.6 Å². The first-order valence-corrected chi connectivity index (χ1v) is 6.68. The molecule has 0 saturated carbocycles. The van der Waals surface area contributed by atoms with Gasteiger partial charge in [-0.1, -0.05) is 20.8 Å². The highest BCUT2D eigenvalue weighted by Gasteiger charge is 2.25. The van der Waals surface area contributed by atoms with Crippen LogP contribution in [0.4, 0.5) is 0 Å². The van der Waals surface area contributed by atoms with E-state index in [1.165, 1.54) is 11.4 Å². The van der Waals surface area contributed by atoms with E-state index in [-0.39, 0.29) is 18.4 Å². The molecule has 1 N–H and O–H groups in total. The fourth-order valence-corrected chi connectivity index (χ4v) is 1.87. The predicted molar refractivity (Wildman–Crippen MR) is 64.3 cm³/mol. The Labute approximate surface area is 98.4 Å². The van der Waals surface area contributed by atoms with Crippen molar-refractivity contribution in [2.45, 2.75) is 40.7 Å². The second-order valence-electron chi connectivity index (χ2n) is 5.11. The third-order valence-corrected chi connectivity index (χ3v) is 4.05. The monoisotopic (exact) mass is 250 g/mol. The van der Waals surface area contributed by atoms with Gasteiger partial charge in [0.2, 0.25) is 0 Å². The lowest BCUT2D eigenvalue weighted by molar-refractivity contribution is -0.125. The Morgan fingerprint density at radius 2 is 1.75 bits per heavy atom. The van der Waals surface area contributed by atoms with Crippen molar-refractivity contribution in [2.24, 2.45) is 5.41 Å². The van der Waals surface area contributed by atoms with Crippen LogP contribution in [-0.2, 0) is 15.0 Å². The average molecular weight is 250 g/mol. The Morgan fingerprint density at radius 3 is 2.06 bits per heavy atom. The maximum absolute atomic E-state index is 11.7. The molecular weight excluding hydrogens is 228 g/mol. The number of Topliss-reactive ketones (excluding diaryl/α,β-unsaturated/α-hetero) is 1. The molecule has 0 fully saturated rings. The molecule has 0 aromatic carbocycles. The molecule has 5 nitrogen and oxygen atoms in total. The lowest BCUT2D eigenvalue weighted by Gasteiger charge is -2.22. The van der Waals surface area contributed by atoms with Gasteiger partial charge in [0, 0.05) is 18.5 Å². The third kappa shape index (κ3) is 4.59. The molecule has 0 atom stereocenters. The summed E-state index contributed by atoms with van der Waals surface area (Å²) in [6.45, 7) is 8.65. The number of carbonyl (C=O) groups is 1. The Hall–Kier alpha value is -0.460. The molecule has 0 heterocycles. The molecule has 16 heavy (non-hydrogen) atoms. The summed E-state index contributed by atoms with van der Waals surface area (Å²) in [6, 6.07) is -0.137. The zero-order valence-corrected chi connectivity index (χ0v) is 11.7. The SMILES string of the molecule is CC(C)N(C)S(=O)(=O)NCC(=O)C(C)(C)C. The molecule has 0 rings (SSSR count). The highest BCUT2D eigenvalue weighted by atomic mass is 32.2. The maximum Gasteiger partial charge on any atom is 0.279 e. The molecule has 0 aliphatic carbocycles. The lowest BCUT2D eigenvalue weighted by atomic mass is 9.91. The molecule has 0 unspecified atom stereocenters. The number of rotatable bonds is 5. The van der Waals surface area contributed by atoms with Crippen molar-refractivity contribution < 1.29 is 13.2 Å². The highest BCUT2D eigenvalue weighted by molar-refractivity contribution is 7.87. The van der Waals surface area contributed by atoms with Gasteiger partial charge in [0.05, 0.1) is 6.54 Å². The van der Waals surface area contributed by atoms with Crippen molar-refractivity contribution in [3.8, 4) is 0 Å². The summed E-state index contributed by atoms with van der Waals surface area (Å²) in [6.07, 6.45) is 0. The van der Waals surface area contributed by atoms with Crippen LogP contribution >= 0.6 is 0 Å². The minimum atomic E-state index is -3.55. The second kappa shape index (κ2) is 5.25. The van der Waals surface area contributed by atoms with Crippen molar-refractivity contribution in [1.29, 1.82) is 0 Å². The molecule has 0 aliphatic heterocycles. The minimum absolute atomic E-state index is 0.131. The molecule has 0 saturated heterocycles. The van der Waals surface area contributed by atoms with Gasteiger partial charge in [-0.3, -0.25) is 4.79 Å². The quantitative estimate of drug-likeness (QED) is 0.784. The Bertz CT molecular complexity index is 342. The van der Waals surface area contributed by atoms with Gasteiger partial charge in [0.15, 0.2) is 5.78 Å². The molecule has 0 spiro atoms. The standard InChI is InChI=1S/C10H22N2O3S/c1-8(2)12(6)16(14,15)11-7-9(13)10(3,4)5/h8,11H,7H2,1-6H3. The second-order valence-corrected chi connectivity index (χ2v) is 6.92. The molecule has 0 bridgehead atoms. The summed E-state index contributed by atoms with van der Waals surface area (Å²) in [5, 5.41) is 0. The summed E-state index contributed by atoms with van der Waals surface area (Å²) in [7, 11) is -2.07. The van der Waals surface area contributed by atoms with Crippen LogP contribution in [0.15, 0.2) is 0 Å². The van der Waals surface area contributed by atoms with Gasteiger partial charge >= 0.3 is 0 Å². The number of nitrogens with zero attached hydrogens (tertiary/aromatic N) is 1. The normalized spacial score (nSPS) is 13.5. The van der Waals surface area contributed by atoms with E-state index in [1.54, 1.807) is 34.6 Å². The van der Waals surface area contributed by atoms with Crippen molar-refractivity contribution in [2.75, 3.05) is 13.6 Å². The minimum Gasteiger partial charge on any atom is -0.298 e. The number of ketones is 1. The summed E-state index contributed by atoms with van der Waals surface area (Å²) in [4.78, 5) is 11.6. The first-order chi connectivity index (χ1) is 6.98. The third-order valence-electron chi connectivity index (χ3n) is 2.36. The van der Waals surface area contributed by atoms with Gasteiger partial charge in [-0.05, 0) is 13.8 Å². The van der Waals surface area contributed by atoms with Gasteiger partial charge in [-0.25, -0.2) is 0 Å². The Morgan fingerprint density at radius 1 is 1.31 bits per heavy atom. The number of hydrogen-bond acceptors (Lipinski definition) is 3. The Balaban J connectivity index is 4.48. The molecule has 0 amide bonds. The molecular formula is C10H22N2O3S. The summed E-state index contributed by atoms with van der Waals surface area (Å²) in [5.41, 5.74) is -0.529. The fourth-order valence-electron chi connectivity index (χ4n) is 0.801. The van der Waals surface area contributed by atoms with Gasteiger partial charge in [-0.2, -0.15) is 17.4 Å². The number of nitrogens with one attached hydrogen (secondary N) is 1. The van der Waals surface area contributed by atoms with Crippen LogP contribution in [0, 0.1) is 5.41 Å². The summed E-state index contributed by atoms with van der Waals surface area (Å²) < 4.78 is 26.8.